The summed E-state index contributed by atoms with van der Waals surface area (Å²) in [5.74, 6) is -0.160. The van der Waals surface area contributed by atoms with E-state index in [1.807, 2.05) is 12.1 Å². The number of β-amino-alcohol motifs (C(OH)–C–C–N with tert-alkyl or cyclic N) is 1. The summed E-state index contributed by atoms with van der Waals surface area (Å²) in [6, 6.07) is 11.6. The Hall–Kier alpha value is -2.81. The molecule has 0 saturated carbocycles. The highest BCUT2D eigenvalue weighted by molar-refractivity contribution is 5.94. The van der Waals surface area contributed by atoms with E-state index in [2.05, 4.69) is 22.4 Å². The zero-order chi connectivity index (χ0) is 23.5. The van der Waals surface area contributed by atoms with Crippen molar-refractivity contribution in [3.63, 3.8) is 0 Å². The smallest absolute Gasteiger partial charge is 0.254 e. The standard InChI is InChI=1S/C26H31N3O5/c30-21-14-29(26(32)17-7-9-27-10-8-17)23-6-5-22(34-24(23)16-33-15-21)13-25(31)28-20-11-18-3-1-2-4-19(18)12-20/h1-4,7-10,20-24,30H,5-6,11-16H2,(H,28,31)/t21-,22-,23+,24-/m0/s1. The van der Waals surface area contributed by atoms with Gasteiger partial charge in [-0.05, 0) is 48.9 Å². The minimum atomic E-state index is -0.759. The Bertz CT molecular complexity index is 992. The van der Waals surface area contributed by atoms with E-state index >= 15 is 0 Å². The number of benzene rings is 1. The maximum absolute atomic E-state index is 13.2. The lowest BCUT2D eigenvalue weighted by molar-refractivity contribution is -0.151. The number of nitrogens with one attached hydrogen (secondary N) is 1. The van der Waals surface area contributed by atoms with Gasteiger partial charge in [-0.3, -0.25) is 14.6 Å². The summed E-state index contributed by atoms with van der Waals surface area (Å²) < 4.78 is 12.0. The van der Waals surface area contributed by atoms with Crippen molar-refractivity contribution < 1.29 is 24.2 Å². The lowest BCUT2D eigenvalue weighted by Gasteiger charge is -2.44. The molecule has 2 saturated heterocycles. The fraction of sp³-hybridized carbons (Fsp3) is 0.500. The Labute approximate surface area is 199 Å². The Morgan fingerprint density at radius 3 is 2.53 bits per heavy atom. The first-order chi connectivity index (χ1) is 16.6. The number of pyridine rings is 1. The van der Waals surface area contributed by atoms with E-state index in [1.54, 1.807) is 29.4 Å². The first-order valence-corrected chi connectivity index (χ1v) is 12.0. The van der Waals surface area contributed by atoms with Gasteiger partial charge in [0.1, 0.15) is 6.10 Å². The minimum absolute atomic E-state index is 0.00633. The van der Waals surface area contributed by atoms with Crippen molar-refractivity contribution in [1.82, 2.24) is 15.2 Å². The molecule has 0 radical (unpaired) electrons. The van der Waals surface area contributed by atoms with Crippen LogP contribution in [0.1, 0.15) is 40.7 Å². The Morgan fingerprint density at radius 2 is 1.79 bits per heavy atom. The van der Waals surface area contributed by atoms with E-state index < -0.39 is 6.10 Å². The van der Waals surface area contributed by atoms with E-state index in [0.717, 1.165) is 12.8 Å². The third-order valence-corrected chi connectivity index (χ3v) is 7.00. The van der Waals surface area contributed by atoms with Crippen LogP contribution in [0.25, 0.3) is 0 Å². The predicted octanol–water partition coefficient (Wildman–Crippen LogP) is 1.50. The van der Waals surface area contributed by atoms with Crippen LogP contribution in [0.4, 0.5) is 0 Å². The van der Waals surface area contributed by atoms with Crippen LogP contribution in [0.2, 0.25) is 0 Å². The molecule has 3 aliphatic rings. The molecule has 8 heteroatoms. The Morgan fingerprint density at radius 1 is 1.06 bits per heavy atom. The number of aromatic nitrogens is 1. The molecule has 0 spiro atoms. The Kier molecular flexibility index (Phi) is 6.89. The van der Waals surface area contributed by atoms with E-state index in [1.165, 1.54) is 11.1 Å². The van der Waals surface area contributed by atoms with E-state index in [4.69, 9.17) is 9.47 Å². The predicted molar refractivity (Wildman–Crippen MR) is 124 cm³/mol. The van der Waals surface area contributed by atoms with Crippen molar-refractivity contribution in [2.45, 2.75) is 62.5 Å². The molecule has 3 heterocycles. The van der Waals surface area contributed by atoms with Crippen LogP contribution in [0.3, 0.4) is 0 Å². The third kappa shape index (κ3) is 5.14. The highest BCUT2D eigenvalue weighted by atomic mass is 16.5. The molecule has 1 aliphatic carbocycles. The van der Waals surface area contributed by atoms with Gasteiger partial charge in [0.2, 0.25) is 5.91 Å². The molecule has 180 valence electrons. The zero-order valence-corrected chi connectivity index (χ0v) is 19.1. The van der Waals surface area contributed by atoms with Gasteiger partial charge in [0.15, 0.2) is 0 Å². The maximum Gasteiger partial charge on any atom is 0.254 e. The largest absolute Gasteiger partial charge is 0.389 e. The zero-order valence-electron chi connectivity index (χ0n) is 19.1. The average Bonchev–Trinajstić information content (AvgIpc) is 3.24. The molecule has 2 aromatic rings. The normalized spacial score (nSPS) is 27.3. The monoisotopic (exact) mass is 465 g/mol. The second-order valence-electron chi connectivity index (χ2n) is 9.47. The van der Waals surface area contributed by atoms with Gasteiger partial charge in [-0.2, -0.15) is 0 Å². The van der Waals surface area contributed by atoms with Crippen LogP contribution < -0.4 is 5.32 Å². The second-order valence-corrected chi connectivity index (χ2v) is 9.47. The van der Waals surface area contributed by atoms with Crippen LogP contribution in [0, 0.1) is 0 Å². The maximum atomic E-state index is 13.2. The van der Waals surface area contributed by atoms with Gasteiger partial charge in [-0.1, -0.05) is 24.3 Å². The number of amides is 2. The number of fused-ring (bicyclic) bond motifs is 2. The third-order valence-electron chi connectivity index (χ3n) is 7.00. The van der Waals surface area contributed by atoms with Crippen molar-refractivity contribution in [3.05, 3.63) is 65.5 Å². The first-order valence-electron chi connectivity index (χ1n) is 12.0. The van der Waals surface area contributed by atoms with E-state index in [0.29, 0.717) is 18.4 Å². The molecule has 8 nitrogen and oxygen atoms in total. The number of hydrogen-bond donors (Lipinski definition) is 2. The molecule has 2 N–H and O–H groups in total. The van der Waals surface area contributed by atoms with Crippen LogP contribution in [0.5, 0.6) is 0 Å². The van der Waals surface area contributed by atoms with Gasteiger partial charge in [0.25, 0.3) is 5.91 Å². The summed E-state index contributed by atoms with van der Waals surface area (Å²) in [4.78, 5) is 31.7. The number of aliphatic hydroxyl groups excluding tert-OH is 1. The van der Waals surface area contributed by atoms with E-state index in [-0.39, 0.29) is 62.3 Å². The van der Waals surface area contributed by atoms with Crippen LogP contribution >= 0.6 is 0 Å². The van der Waals surface area contributed by atoms with Crippen molar-refractivity contribution in [3.8, 4) is 0 Å². The number of aliphatic hydroxyl groups is 1. The molecule has 4 atom stereocenters. The fourth-order valence-electron chi connectivity index (χ4n) is 5.39. The lowest BCUT2D eigenvalue weighted by atomic mass is 9.94. The van der Waals surface area contributed by atoms with Gasteiger partial charge in [0, 0.05) is 30.5 Å². The number of carbonyl (C=O) groups excluding carboxylic acids is 2. The second kappa shape index (κ2) is 10.2. The van der Waals surface area contributed by atoms with Gasteiger partial charge >= 0.3 is 0 Å². The first kappa shape index (κ1) is 23.0. The van der Waals surface area contributed by atoms with Crippen molar-refractivity contribution in [2.24, 2.45) is 0 Å². The summed E-state index contributed by atoms with van der Waals surface area (Å²) in [5.41, 5.74) is 3.14. The summed E-state index contributed by atoms with van der Waals surface area (Å²) in [5, 5.41) is 13.5. The van der Waals surface area contributed by atoms with Crippen molar-refractivity contribution in [1.29, 1.82) is 0 Å². The van der Waals surface area contributed by atoms with Crippen LogP contribution in [-0.4, -0.2) is 77.0 Å². The van der Waals surface area contributed by atoms with E-state index in [9.17, 15) is 14.7 Å². The lowest BCUT2D eigenvalue weighted by Crippen LogP contribution is -2.57. The van der Waals surface area contributed by atoms with Gasteiger partial charge < -0.3 is 24.8 Å². The molecule has 2 aliphatic heterocycles. The summed E-state index contributed by atoms with van der Waals surface area (Å²) in [6.07, 6.45) is 5.20. The Balaban J connectivity index is 1.20. The van der Waals surface area contributed by atoms with Crippen molar-refractivity contribution >= 4 is 11.8 Å². The number of rotatable bonds is 4. The molecule has 5 rings (SSSR count). The quantitative estimate of drug-likeness (QED) is 0.710. The summed E-state index contributed by atoms with van der Waals surface area (Å²) in [7, 11) is 0. The minimum Gasteiger partial charge on any atom is -0.389 e. The molecule has 0 bridgehead atoms. The highest BCUT2D eigenvalue weighted by Crippen LogP contribution is 2.29. The van der Waals surface area contributed by atoms with Crippen molar-refractivity contribution in [2.75, 3.05) is 19.8 Å². The number of nitrogens with zero attached hydrogens (tertiary/aromatic N) is 2. The topological polar surface area (TPSA) is 101 Å². The van der Waals surface area contributed by atoms with Gasteiger partial charge in [-0.25, -0.2) is 0 Å². The SMILES string of the molecule is O=C(C[C@@H]1CC[C@@H]2[C@H](COC[C@@H](O)CN2C(=O)c2ccncc2)O1)NC1Cc2ccccc2C1. The van der Waals surface area contributed by atoms with Gasteiger partial charge in [0.05, 0.1) is 37.9 Å². The average molecular weight is 466 g/mol. The van der Waals surface area contributed by atoms with Gasteiger partial charge in [-0.15, -0.1) is 0 Å². The highest BCUT2D eigenvalue weighted by Gasteiger charge is 2.40. The fourth-order valence-corrected chi connectivity index (χ4v) is 5.39. The molecular weight excluding hydrogens is 434 g/mol. The molecule has 34 heavy (non-hydrogen) atoms. The molecule has 2 fully saturated rings. The molecule has 2 amide bonds. The van der Waals surface area contributed by atoms with Crippen LogP contribution in [0.15, 0.2) is 48.8 Å². The molecule has 0 unspecified atom stereocenters. The summed E-state index contributed by atoms with van der Waals surface area (Å²) >= 11 is 0. The number of hydrogen-bond acceptors (Lipinski definition) is 6. The van der Waals surface area contributed by atoms with Crippen LogP contribution in [-0.2, 0) is 27.1 Å². The molecular formula is C26H31N3O5. The molecule has 1 aromatic heterocycles. The number of carbonyl (C=O) groups is 2. The summed E-state index contributed by atoms with van der Waals surface area (Å²) in [6.45, 7) is 0.594. The number of ether oxygens (including phenoxy) is 2. The molecule has 1 aromatic carbocycles.